The fraction of sp³-hybridized carbons (Fsp3) is 0.667. The monoisotopic (exact) mass is 520 g/mol. The molecule has 2 aliphatic heterocycles. The number of benzene rings is 2. The van der Waals surface area contributed by atoms with E-state index in [0.717, 1.165) is 65.8 Å². The van der Waals surface area contributed by atoms with Crippen molar-refractivity contribution in [1.29, 1.82) is 0 Å². The zero-order valence-electron chi connectivity index (χ0n) is 24.2. The summed E-state index contributed by atoms with van der Waals surface area (Å²) in [6, 6.07) is 23.4. The van der Waals surface area contributed by atoms with Gasteiger partial charge in [0, 0.05) is 26.2 Å². The predicted octanol–water partition coefficient (Wildman–Crippen LogP) is 7.81. The van der Waals surface area contributed by atoms with Crippen molar-refractivity contribution in [2.24, 2.45) is 35.5 Å². The number of piperazine rings is 1. The fourth-order valence-corrected chi connectivity index (χ4v) is 12.0. The SMILES string of the molecule is CN1CCN(B2C3C(CC4CC5C(c6ccccc6)CCCC5C24)CC2C(c4ccccc4)CCCC23)CC1. The number of likely N-dealkylation sites (N-methyl/N-ethyl adjacent to an activating group) is 1. The highest BCUT2D eigenvalue weighted by Gasteiger charge is 2.63. The molecule has 8 rings (SSSR count). The molecule has 2 aromatic carbocycles. The van der Waals surface area contributed by atoms with E-state index in [1.54, 1.807) is 17.5 Å². The first-order valence-corrected chi connectivity index (χ1v) is 16.8. The fourth-order valence-electron chi connectivity index (χ4n) is 12.0. The summed E-state index contributed by atoms with van der Waals surface area (Å²) >= 11 is 0. The van der Waals surface area contributed by atoms with E-state index in [9.17, 15) is 0 Å². The quantitative estimate of drug-likeness (QED) is 0.381. The molecular formula is C36H49BN2. The number of fused-ring (bicyclic) bond motifs is 6. The molecule has 6 aliphatic rings. The van der Waals surface area contributed by atoms with Crippen LogP contribution in [0.5, 0.6) is 0 Å². The van der Waals surface area contributed by atoms with Gasteiger partial charge in [0.25, 0.3) is 0 Å². The molecule has 0 spiro atoms. The zero-order chi connectivity index (χ0) is 25.9. The topological polar surface area (TPSA) is 6.48 Å². The molecule has 0 bridgehead atoms. The van der Waals surface area contributed by atoms with Crippen LogP contribution in [-0.2, 0) is 0 Å². The van der Waals surface area contributed by atoms with E-state index < -0.39 is 0 Å². The Kier molecular flexibility index (Phi) is 6.68. The van der Waals surface area contributed by atoms with Gasteiger partial charge in [0.15, 0.2) is 0 Å². The van der Waals surface area contributed by atoms with Crippen molar-refractivity contribution in [2.75, 3.05) is 33.2 Å². The van der Waals surface area contributed by atoms with Gasteiger partial charge in [-0.3, -0.25) is 0 Å². The van der Waals surface area contributed by atoms with Crippen LogP contribution in [0.2, 0.25) is 11.6 Å². The minimum atomic E-state index is 0.813. The molecule has 6 fully saturated rings. The Morgan fingerprint density at radius 1 is 0.564 bits per heavy atom. The van der Waals surface area contributed by atoms with Crippen molar-refractivity contribution in [2.45, 2.75) is 81.3 Å². The minimum absolute atomic E-state index is 0.813. The average Bonchev–Trinajstić information content (AvgIpc) is 3.55. The van der Waals surface area contributed by atoms with Crippen LogP contribution in [-0.4, -0.2) is 49.8 Å². The van der Waals surface area contributed by atoms with Crippen LogP contribution >= 0.6 is 0 Å². The van der Waals surface area contributed by atoms with Crippen molar-refractivity contribution < 1.29 is 0 Å². The third-order valence-corrected chi connectivity index (χ3v) is 13.3. The van der Waals surface area contributed by atoms with Gasteiger partial charge in [-0.15, -0.1) is 0 Å². The van der Waals surface area contributed by atoms with E-state index in [2.05, 4.69) is 77.4 Å². The van der Waals surface area contributed by atoms with Crippen molar-refractivity contribution >= 4 is 6.85 Å². The third kappa shape index (κ3) is 4.28. The Morgan fingerprint density at radius 2 is 1.05 bits per heavy atom. The second kappa shape index (κ2) is 10.4. The van der Waals surface area contributed by atoms with Crippen LogP contribution < -0.4 is 0 Å². The van der Waals surface area contributed by atoms with E-state index in [1.165, 1.54) is 77.5 Å². The molecule has 0 radical (unpaired) electrons. The molecule has 206 valence electrons. The Hall–Kier alpha value is -1.58. The molecule has 10 unspecified atom stereocenters. The van der Waals surface area contributed by atoms with Gasteiger partial charge in [-0.2, -0.15) is 0 Å². The summed E-state index contributed by atoms with van der Waals surface area (Å²) in [5.41, 5.74) is 3.31. The van der Waals surface area contributed by atoms with Gasteiger partial charge in [0.05, 0.1) is 0 Å². The van der Waals surface area contributed by atoms with Crippen molar-refractivity contribution in [3.8, 4) is 0 Å². The molecule has 2 aromatic rings. The molecule has 10 atom stereocenters. The lowest BCUT2D eigenvalue weighted by molar-refractivity contribution is 0.187. The van der Waals surface area contributed by atoms with Crippen molar-refractivity contribution in [3.05, 3.63) is 71.8 Å². The summed E-state index contributed by atoms with van der Waals surface area (Å²) in [5, 5.41) is 0. The van der Waals surface area contributed by atoms with Crippen LogP contribution in [0.15, 0.2) is 60.7 Å². The van der Waals surface area contributed by atoms with Gasteiger partial charge < -0.3 is 9.71 Å². The molecule has 4 saturated carbocycles. The van der Waals surface area contributed by atoms with E-state index in [1.807, 2.05) is 0 Å². The lowest BCUT2D eigenvalue weighted by Crippen LogP contribution is -2.59. The van der Waals surface area contributed by atoms with E-state index in [4.69, 9.17) is 0 Å². The second-order valence-corrected chi connectivity index (χ2v) is 14.8. The first-order chi connectivity index (χ1) is 19.3. The second-order valence-electron chi connectivity index (χ2n) is 14.8. The molecular weight excluding hydrogens is 471 g/mol. The summed E-state index contributed by atoms with van der Waals surface area (Å²) in [6.45, 7) is 6.02. The van der Waals surface area contributed by atoms with Crippen molar-refractivity contribution in [1.82, 2.24) is 9.71 Å². The summed E-state index contributed by atoms with van der Waals surface area (Å²) in [6.07, 6.45) is 13.4. The molecule has 0 N–H and O–H groups in total. The van der Waals surface area contributed by atoms with Crippen LogP contribution in [0, 0.1) is 35.5 Å². The molecule has 4 aliphatic carbocycles. The molecule has 2 saturated heterocycles. The molecule has 2 heterocycles. The lowest BCUT2D eigenvalue weighted by atomic mass is 9.30. The smallest absolute Gasteiger partial charge is 0.230 e. The summed E-state index contributed by atoms with van der Waals surface area (Å²) in [4.78, 5) is 5.68. The highest BCUT2D eigenvalue weighted by atomic mass is 15.2. The largest absolute Gasteiger partial charge is 0.339 e. The molecule has 0 aromatic heterocycles. The normalized spacial score (nSPS) is 42.4. The van der Waals surface area contributed by atoms with E-state index >= 15 is 0 Å². The molecule has 2 nitrogen and oxygen atoms in total. The number of hydrogen-bond donors (Lipinski definition) is 0. The summed E-state index contributed by atoms with van der Waals surface area (Å²) in [5.74, 6) is 9.30. The number of hydrogen-bond acceptors (Lipinski definition) is 2. The van der Waals surface area contributed by atoms with Gasteiger partial charge in [-0.25, -0.2) is 0 Å². The predicted molar refractivity (Wildman–Crippen MR) is 163 cm³/mol. The highest BCUT2D eigenvalue weighted by Crippen LogP contribution is 2.69. The first-order valence-electron chi connectivity index (χ1n) is 16.8. The molecule has 39 heavy (non-hydrogen) atoms. The van der Waals surface area contributed by atoms with Gasteiger partial charge in [-0.05, 0) is 109 Å². The van der Waals surface area contributed by atoms with E-state index in [0.29, 0.717) is 0 Å². The maximum absolute atomic E-state index is 3.09. The third-order valence-electron chi connectivity index (χ3n) is 13.3. The van der Waals surface area contributed by atoms with Crippen LogP contribution in [0.3, 0.4) is 0 Å². The number of rotatable bonds is 3. The van der Waals surface area contributed by atoms with Crippen LogP contribution in [0.1, 0.15) is 80.8 Å². The maximum atomic E-state index is 3.09. The van der Waals surface area contributed by atoms with Crippen molar-refractivity contribution in [3.63, 3.8) is 0 Å². The van der Waals surface area contributed by atoms with E-state index in [-0.39, 0.29) is 0 Å². The lowest BCUT2D eigenvalue weighted by Gasteiger charge is -2.52. The molecule has 3 heteroatoms. The first kappa shape index (κ1) is 25.2. The van der Waals surface area contributed by atoms with Crippen LogP contribution in [0.25, 0.3) is 0 Å². The Labute approximate surface area is 238 Å². The Bertz CT molecular complexity index is 1040. The number of nitrogens with zero attached hydrogens (tertiary/aromatic N) is 2. The highest BCUT2D eigenvalue weighted by molar-refractivity contribution is 6.60. The van der Waals surface area contributed by atoms with Gasteiger partial charge in [-0.1, -0.05) is 86.3 Å². The Morgan fingerprint density at radius 3 is 1.54 bits per heavy atom. The average molecular weight is 521 g/mol. The standard InChI is InChI=1S/C36H49BN2/c1-38-18-20-39(21-19-38)37-35-27(23-33-29(14-8-16-31(33)35)25-10-4-2-5-11-25)22-28-24-34-30(26-12-6-3-7-13-26)15-9-17-32(34)36(28)37/h2-7,10-13,27-36H,8-9,14-24H2,1H3. The Balaban J connectivity index is 1.14. The molecule has 0 amide bonds. The minimum Gasteiger partial charge on any atom is -0.339 e. The van der Waals surface area contributed by atoms with Gasteiger partial charge in [0.2, 0.25) is 6.85 Å². The zero-order valence-corrected chi connectivity index (χ0v) is 24.2. The van der Waals surface area contributed by atoms with Gasteiger partial charge >= 0.3 is 0 Å². The van der Waals surface area contributed by atoms with Crippen LogP contribution in [0.4, 0.5) is 0 Å². The summed E-state index contributed by atoms with van der Waals surface area (Å²) < 4.78 is 0. The maximum Gasteiger partial charge on any atom is 0.230 e. The van der Waals surface area contributed by atoms with Gasteiger partial charge in [0.1, 0.15) is 0 Å². The summed E-state index contributed by atoms with van der Waals surface area (Å²) in [7, 11) is 2.35.